The molecule has 0 saturated heterocycles. The summed E-state index contributed by atoms with van der Waals surface area (Å²) in [5, 5.41) is 9.62. The number of aliphatic hydroxyl groups is 1. The van der Waals surface area contributed by atoms with Crippen LogP contribution in [0.15, 0.2) is 30.3 Å². The predicted molar refractivity (Wildman–Crippen MR) is 229 cm³/mol. The maximum Gasteiger partial charge on any atom is 0.417 e. The van der Waals surface area contributed by atoms with Gasteiger partial charge in [0.05, 0.1) is 12.6 Å². The number of hydrogen-bond acceptors (Lipinski definition) is 8. The first-order valence-electron chi connectivity index (χ1n) is 21.5. The zero-order valence-corrected chi connectivity index (χ0v) is 36.4. The number of imide groups is 1. The number of aromatic amines is 1. The van der Waals surface area contributed by atoms with Crippen molar-refractivity contribution in [2.24, 2.45) is 5.92 Å². The third-order valence-corrected chi connectivity index (χ3v) is 10.4. The topological polar surface area (TPSA) is 158 Å². The van der Waals surface area contributed by atoms with Gasteiger partial charge in [-0.05, 0) is 94.9 Å². The van der Waals surface area contributed by atoms with Crippen LogP contribution in [0, 0.1) is 5.92 Å². The lowest BCUT2D eigenvalue weighted by molar-refractivity contribution is -0.135. The molecule has 12 nitrogen and oxygen atoms in total. The highest BCUT2D eigenvalue weighted by molar-refractivity contribution is 5.85. The molecule has 2 heterocycles. The molecule has 12 heteroatoms. The van der Waals surface area contributed by atoms with E-state index in [0.29, 0.717) is 43.6 Å². The Labute approximate surface area is 346 Å². The number of aromatic nitrogens is 1. The lowest BCUT2D eigenvalue weighted by Crippen LogP contribution is -2.39. The number of aldehydes is 1. The van der Waals surface area contributed by atoms with Crippen LogP contribution in [0.2, 0.25) is 0 Å². The van der Waals surface area contributed by atoms with Gasteiger partial charge in [-0.2, -0.15) is 0 Å². The Hall–Kier alpha value is -4.29. The molecule has 2 aliphatic carbocycles. The molecule has 3 aliphatic rings. The summed E-state index contributed by atoms with van der Waals surface area (Å²) in [6.45, 7) is 12.7. The largest absolute Gasteiger partial charge is 0.443 e. The van der Waals surface area contributed by atoms with Crippen LogP contribution >= 0.6 is 0 Å². The molecule has 2 aromatic rings. The van der Waals surface area contributed by atoms with Gasteiger partial charge in [0.2, 0.25) is 18.2 Å². The van der Waals surface area contributed by atoms with Crippen LogP contribution in [0.5, 0.6) is 0 Å². The van der Waals surface area contributed by atoms with Crippen molar-refractivity contribution in [2.45, 2.75) is 162 Å². The minimum atomic E-state index is -0.978. The number of ether oxygens (including phenoxy) is 1. The zero-order chi connectivity index (χ0) is 42.9. The number of rotatable bonds is 14. The molecule has 1 aromatic carbocycles. The fourth-order valence-corrected chi connectivity index (χ4v) is 7.54. The number of nitrogens with zero attached hydrogens (tertiary/aromatic N) is 2. The predicted octanol–water partition coefficient (Wildman–Crippen LogP) is 7.52. The standard InChI is InChI=1S/C29H45N3O3.C14H17NO4.C2H6.CH4O/c1-22-29-25(24-15-11-12-16-26(24)30-29)19-20-32(22)28(34)18-10-6-5-9-17-27(33)31-35-21-23-13-7-3-2-4-8-14-23;1-14(2,3)19-13(18)15(10-17)12(9-16)11-7-5-4-6-8-11;2*1-2/h15-16,22-23,30H,2-14,17-21H2,1H3,(H,31,33);4-10,12H,1-3H3;1-2H3;2H,1H3/t;12-;;/m.1../s1. The van der Waals surface area contributed by atoms with Crippen molar-refractivity contribution in [3.63, 3.8) is 0 Å². The molecule has 1 aliphatic heterocycles. The number of aliphatic hydroxyl groups excluding tert-OH is 1. The van der Waals surface area contributed by atoms with Crippen LogP contribution in [0.4, 0.5) is 4.79 Å². The normalized spacial score (nSPS) is 16.7. The maximum absolute atomic E-state index is 12.9. The summed E-state index contributed by atoms with van der Waals surface area (Å²) in [6, 6.07) is 7.70. The Kier molecular flexibility index (Phi) is 23.6. The molecule has 1 unspecified atom stereocenters. The van der Waals surface area contributed by atoms with Crippen molar-refractivity contribution in [3.8, 4) is 0 Å². The molecule has 5 rings (SSSR count). The van der Waals surface area contributed by atoms with E-state index in [9.17, 15) is 24.0 Å². The van der Waals surface area contributed by atoms with E-state index in [-0.39, 0.29) is 17.9 Å². The summed E-state index contributed by atoms with van der Waals surface area (Å²) in [6.07, 6.45) is 21.6. The first kappa shape index (κ1) is 49.9. The van der Waals surface area contributed by atoms with Crippen LogP contribution in [0.25, 0.3) is 12.2 Å². The first-order chi connectivity index (χ1) is 28.0. The van der Waals surface area contributed by atoms with Gasteiger partial charge < -0.3 is 24.5 Å². The summed E-state index contributed by atoms with van der Waals surface area (Å²) < 4.78 is 5.09. The van der Waals surface area contributed by atoms with Crippen molar-refractivity contribution in [1.29, 1.82) is 0 Å². The number of amides is 4. The molecule has 2 atom stereocenters. The van der Waals surface area contributed by atoms with Crippen LogP contribution < -0.4 is 16.0 Å². The van der Waals surface area contributed by atoms with E-state index in [1.165, 1.54) is 66.8 Å². The van der Waals surface area contributed by atoms with Gasteiger partial charge in [-0.15, -0.1) is 0 Å². The Morgan fingerprint density at radius 2 is 1.55 bits per heavy atom. The van der Waals surface area contributed by atoms with Crippen molar-refractivity contribution in [3.05, 3.63) is 57.7 Å². The van der Waals surface area contributed by atoms with E-state index in [1.54, 1.807) is 51.1 Å². The van der Waals surface area contributed by atoms with Crippen LogP contribution in [-0.4, -0.2) is 76.4 Å². The smallest absolute Gasteiger partial charge is 0.417 e. The van der Waals surface area contributed by atoms with Crippen molar-refractivity contribution >= 4 is 42.8 Å². The maximum atomic E-state index is 12.9. The minimum Gasteiger partial charge on any atom is -0.443 e. The monoisotopic (exact) mass is 809 g/mol. The SMILES string of the molecule is CC.CC(C)(C)OC(=O)N(C=O)[C@H](C=O)c1ccccc1.CC1c2[nH]c3c(c2CCN1C(=O)CCCCCCC(=O)NOCC1CCCCCCC1)=CCCC=3.CO. The van der Waals surface area contributed by atoms with E-state index >= 15 is 0 Å². The fraction of sp³-hybridized carbons (Fsp3) is 0.630. The summed E-state index contributed by atoms with van der Waals surface area (Å²) >= 11 is 0. The molecular weight excluding hydrogens is 737 g/mol. The third kappa shape index (κ3) is 16.5. The second kappa shape index (κ2) is 27.4. The Morgan fingerprint density at radius 3 is 2.17 bits per heavy atom. The number of benzene rings is 1. The average Bonchev–Trinajstić information content (AvgIpc) is 3.60. The molecular formula is C46H72N4O8. The molecule has 58 heavy (non-hydrogen) atoms. The summed E-state index contributed by atoms with van der Waals surface area (Å²) in [5.74, 6) is 0.818. The number of nitrogens with one attached hydrogen (secondary N) is 2. The van der Waals surface area contributed by atoms with E-state index in [0.717, 1.165) is 63.5 Å². The highest BCUT2D eigenvalue weighted by Crippen LogP contribution is 2.27. The first-order valence-corrected chi connectivity index (χ1v) is 21.5. The second-order valence-electron chi connectivity index (χ2n) is 15.8. The van der Waals surface area contributed by atoms with Gasteiger partial charge in [0, 0.05) is 37.5 Å². The fourth-order valence-electron chi connectivity index (χ4n) is 7.54. The molecule has 1 saturated carbocycles. The van der Waals surface area contributed by atoms with E-state index < -0.39 is 17.7 Å². The Balaban J connectivity index is 0.000000428. The number of carbonyl (C=O) groups is 5. The molecule has 3 N–H and O–H groups in total. The third-order valence-electron chi connectivity index (χ3n) is 10.4. The molecule has 0 radical (unpaired) electrons. The second-order valence-corrected chi connectivity index (χ2v) is 15.8. The molecule has 0 bridgehead atoms. The van der Waals surface area contributed by atoms with Gasteiger partial charge in [0.25, 0.3) is 0 Å². The van der Waals surface area contributed by atoms with E-state index in [1.807, 2.05) is 18.7 Å². The van der Waals surface area contributed by atoms with Gasteiger partial charge in [0.15, 0.2) is 0 Å². The van der Waals surface area contributed by atoms with Gasteiger partial charge in [-0.1, -0.05) is 101 Å². The molecule has 4 amide bonds. The summed E-state index contributed by atoms with van der Waals surface area (Å²) in [4.78, 5) is 71.0. The van der Waals surface area contributed by atoms with Gasteiger partial charge in [-0.3, -0.25) is 19.2 Å². The highest BCUT2D eigenvalue weighted by Gasteiger charge is 2.30. The van der Waals surface area contributed by atoms with E-state index in [2.05, 4.69) is 29.5 Å². The number of H-pyrrole nitrogens is 1. The van der Waals surface area contributed by atoms with Gasteiger partial charge in [-0.25, -0.2) is 15.2 Å². The summed E-state index contributed by atoms with van der Waals surface area (Å²) in [5.41, 5.74) is 5.10. The number of fused-ring (bicyclic) bond motifs is 3. The molecule has 1 fully saturated rings. The lowest BCUT2D eigenvalue weighted by Gasteiger charge is -2.33. The summed E-state index contributed by atoms with van der Waals surface area (Å²) in [7, 11) is 1.00. The highest BCUT2D eigenvalue weighted by atomic mass is 16.7. The van der Waals surface area contributed by atoms with E-state index in [4.69, 9.17) is 14.7 Å². The molecule has 0 spiro atoms. The number of carbonyl (C=O) groups excluding carboxylic acids is 5. The van der Waals surface area contributed by atoms with Crippen molar-refractivity contribution in [1.82, 2.24) is 20.3 Å². The minimum absolute atomic E-state index is 0.0204. The lowest BCUT2D eigenvalue weighted by atomic mass is 9.92. The average molecular weight is 809 g/mol. The van der Waals surface area contributed by atoms with Crippen molar-refractivity contribution in [2.75, 3.05) is 20.3 Å². The van der Waals surface area contributed by atoms with Gasteiger partial charge >= 0.3 is 6.09 Å². The number of hydrogen-bond donors (Lipinski definition) is 3. The van der Waals surface area contributed by atoms with Crippen LogP contribution in [0.1, 0.15) is 167 Å². The molecule has 1 aromatic heterocycles. The van der Waals surface area contributed by atoms with Crippen LogP contribution in [-0.2, 0) is 35.2 Å². The Morgan fingerprint density at radius 1 is 0.931 bits per heavy atom. The van der Waals surface area contributed by atoms with Crippen molar-refractivity contribution < 1.29 is 38.7 Å². The quantitative estimate of drug-likeness (QED) is 0.101. The molecule has 324 valence electrons. The zero-order valence-electron chi connectivity index (χ0n) is 36.4. The number of unbranched alkanes of at least 4 members (excludes halogenated alkanes) is 3. The Bertz CT molecular complexity index is 1640. The van der Waals surface area contributed by atoms with Crippen LogP contribution in [0.3, 0.4) is 0 Å². The number of hydroxylamine groups is 1. The van der Waals surface area contributed by atoms with Gasteiger partial charge in [0.1, 0.15) is 17.9 Å².